The lowest BCUT2D eigenvalue weighted by atomic mass is 10.0. The van der Waals surface area contributed by atoms with E-state index in [0.29, 0.717) is 6.61 Å². The summed E-state index contributed by atoms with van der Waals surface area (Å²) < 4.78 is 0. The highest BCUT2D eigenvalue weighted by molar-refractivity contribution is 5.14. The molecule has 0 aliphatic rings. The van der Waals surface area contributed by atoms with Gasteiger partial charge in [0, 0.05) is 0 Å². The summed E-state index contributed by atoms with van der Waals surface area (Å²) in [7, 11) is 1.45. The topological polar surface area (TPSA) is 27.7 Å². The SMILES string of the molecule is COOOCCCCCCCCCCCCCCc1ccccc1. The fourth-order valence-electron chi connectivity index (χ4n) is 2.98. The number of hydrogen-bond acceptors (Lipinski definition) is 3. The van der Waals surface area contributed by atoms with E-state index in [1.165, 1.54) is 89.7 Å². The Kier molecular flexibility index (Phi) is 14.9. The lowest BCUT2D eigenvalue weighted by Crippen LogP contribution is -1.95. The summed E-state index contributed by atoms with van der Waals surface area (Å²) >= 11 is 0. The standard InChI is InChI=1S/C21H36O3/c1-22-24-23-20-16-11-9-7-5-3-2-4-6-8-10-13-17-21-18-14-12-15-19-21/h12,14-15,18-19H,2-11,13,16-17,20H2,1H3. The second-order valence-corrected chi connectivity index (χ2v) is 6.53. The largest absolute Gasteiger partial charge is 0.210 e. The minimum atomic E-state index is 0.623. The van der Waals surface area contributed by atoms with Gasteiger partial charge in [0.2, 0.25) is 0 Å². The molecule has 0 radical (unpaired) electrons. The van der Waals surface area contributed by atoms with Crippen LogP contribution in [0.25, 0.3) is 0 Å². The molecule has 1 aromatic rings. The van der Waals surface area contributed by atoms with Gasteiger partial charge in [-0.1, -0.05) is 99.6 Å². The Morgan fingerprint density at radius 2 is 1.12 bits per heavy atom. The van der Waals surface area contributed by atoms with Crippen molar-refractivity contribution in [3.8, 4) is 0 Å². The Morgan fingerprint density at radius 3 is 1.67 bits per heavy atom. The molecule has 0 amide bonds. The minimum Gasteiger partial charge on any atom is -0.210 e. The first kappa shape index (κ1) is 21.1. The summed E-state index contributed by atoms with van der Waals surface area (Å²) in [5.41, 5.74) is 1.48. The zero-order valence-corrected chi connectivity index (χ0v) is 15.5. The van der Waals surface area contributed by atoms with Crippen molar-refractivity contribution in [1.29, 1.82) is 0 Å². The molecule has 1 rings (SSSR count). The van der Waals surface area contributed by atoms with Crippen molar-refractivity contribution in [3.63, 3.8) is 0 Å². The maximum absolute atomic E-state index is 4.79. The molecule has 0 saturated carbocycles. The summed E-state index contributed by atoms with van der Waals surface area (Å²) in [5, 5.41) is 4.36. The van der Waals surface area contributed by atoms with Gasteiger partial charge < -0.3 is 0 Å². The van der Waals surface area contributed by atoms with E-state index in [1.807, 2.05) is 0 Å². The fraction of sp³-hybridized carbons (Fsp3) is 0.714. The number of benzene rings is 1. The zero-order chi connectivity index (χ0) is 17.1. The molecular formula is C21H36O3. The Balaban J connectivity index is 1.70. The first-order chi connectivity index (χ1) is 11.9. The van der Waals surface area contributed by atoms with Gasteiger partial charge in [0.25, 0.3) is 0 Å². The third-order valence-corrected chi connectivity index (χ3v) is 4.40. The molecular weight excluding hydrogens is 300 g/mol. The van der Waals surface area contributed by atoms with E-state index in [1.54, 1.807) is 0 Å². The highest BCUT2D eigenvalue weighted by Gasteiger charge is 1.95. The van der Waals surface area contributed by atoms with Crippen LogP contribution in [0.15, 0.2) is 30.3 Å². The maximum atomic E-state index is 4.79. The molecule has 0 unspecified atom stereocenters. The summed E-state index contributed by atoms with van der Waals surface area (Å²) in [6.07, 6.45) is 17.3. The predicted octanol–water partition coefficient (Wildman–Crippen LogP) is 6.42. The van der Waals surface area contributed by atoms with Crippen molar-refractivity contribution in [1.82, 2.24) is 0 Å². The van der Waals surface area contributed by atoms with Gasteiger partial charge in [-0.25, -0.2) is 9.78 Å². The summed E-state index contributed by atoms with van der Waals surface area (Å²) in [4.78, 5) is 9.14. The van der Waals surface area contributed by atoms with Crippen molar-refractivity contribution in [2.45, 2.75) is 83.5 Å². The molecule has 0 aromatic heterocycles. The molecule has 138 valence electrons. The van der Waals surface area contributed by atoms with Crippen molar-refractivity contribution in [3.05, 3.63) is 35.9 Å². The van der Waals surface area contributed by atoms with Gasteiger partial charge >= 0.3 is 0 Å². The normalized spacial score (nSPS) is 11.0. The Morgan fingerprint density at radius 1 is 0.625 bits per heavy atom. The van der Waals surface area contributed by atoms with Gasteiger partial charge in [-0.3, -0.25) is 0 Å². The molecule has 1 aromatic carbocycles. The Bertz CT molecular complexity index is 353. The summed E-state index contributed by atoms with van der Waals surface area (Å²) in [5.74, 6) is 0. The van der Waals surface area contributed by atoms with Crippen LogP contribution in [-0.2, 0) is 21.2 Å². The predicted molar refractivity (Wildman–Crippen MR) is 99.6 cm³/mol. The smallest absolute Gasteiger partial charge is 0.0853 e. The molecule has 0 aliphatic heterocycles. The number of rotatable bonds is 17. The molecule has 24 heavy (non-hydrogen) atoms. The van der Waals surface area contributed by atoms with Crippen molar-refractivity contribution < 1.29 is 14.8 Å². The van der Waals surface area contributed by atoms with Gasteiger partial charge in [-0.2, -0.15) is 0 Å². The molecule has 0 fully saturated rings. The van der Waals surface area contributed by atoms with Gasteiger partial charge in [0.05, 0.1) is 13.7 Å². The quantitative estimate of drug-likeness (QED) is 0.187. The Hall–Kier alpha value is -0.900. The summed E-state index contributed by atoms with van der Waals surface area (Å²) in [6, 6.07) is 10.8. The van der Waals surface area contributed by atoms with Crippen LogP contribution < -0.4 is 0 Å². The molecule has 0 spiro atoms. The highest BCUT2D eigenvalue weighted by atomic mass is 17.5. The monoisotopic (exact) mass is 336 g/mol. The van der Waals surface area contributed by atoms with Crippen molar-refractivity contribution in [2.75, 3.05) is 13.7 Å². The molecule has 0 saturated heterocycles. The molecule has 0 N–H and O–H groups in total. The third-order valence-electron chi connectivity index (χ3n) is 4.40. The van der Waals surface area contributed by atoms with E-state index >= 15 is 0 Å². The van der Waals surface area contributed by atoms with Gasteiger partial charge in [-0.05, 0) is 24.8 Å². The number of aryl methyl sites for hydroxylation is 1. The summed E-state index contributed by atoms with van der Waals surface area (Å²) in [6.45, 7) is 0.623. The van der Waals surface area contributed by atoms with E-state index in [9.17, 15) is 0 Å². The van der Waals surface area contributed by atoms with Gasteiger partial charge in [-0.15, -0.1) is 0 Å². The number of hydrogen-bond donors (Lipinski definition) is 0. The lowest BCUT2D eigenvalue weighted by Gasteiger charge is -2.04. The van der Waals surface area contributed by atoms with Crippen LogP contribution in [0.4, 0.5) is 0 Å². The molecule has 3 nitrogen and oxygen atoms in total. The van der Waals surface area contributed by atoms with Crippen LogP contribution in [0.1, 0.15) is 82.6 Å². The zero-order valence-electron chi connectivity index (χ0n) is 15.5. The van der Waals surface area contributed by atoms with Crippen LogP contribution in [0, 0.1) is 0 Å². The third kappa shape index (κ3) is 13.5. The molecule has 3 heteroatoms. The van der Waals surface area contributed by atoms with Crippen LogP contribution in [0.3, 0.4) is 0 Å². The second-order valence-electron chi connectivity index (χ2n) is 6.53. The highest BCUT2D eigenvalue weighted by Crippen LogP contribution is 2.13. The van der Waals surface area contributed by atoms with E-state index in [0.717, 1.165) is 6.42 Å². The second kappa shape index (κ2) is 16.9. The van der Waals surface area contributed by atoms with E-state index < -0.39 is 0 Å². The average molecular weight is 337 g/mol. The average Bonchev–Trinajstić information content (AvgIpc) is 2.62. The van der Waals surface area contributed by atoms with Crippen LogP contribution >= 0.6 is 0 Å². The fourth-order valence-corrected chi connectivity index (χ4v) is 2.98. The Labute approximate surface area is 148 Å². The van der Waals surface area contributed by atoms with Crippen LogP contribution in [-0.4, -0.2) is 13.7 Å². The van der Waals surface area contributed by atoms with E-state index in [4.69, 9.17) is 4.89 Å². The van der Waals surface area contributed by atoms with Gasteiger partial charge in [0.15, 0.2) is 0 Å². The maximum Gasteiger partial charge on any atom is 0.0853 e. The molecule has 0 aliphatic carbocycles. The first-order valence-corrected chi connectivity index (χ1v) is 9.79. The van der Waals surface area contributed by atoms with E-state index in [-0.39, 0.29) is 0 Å². The lowest BCUT2D eigenvalue weighted by molar-refractivity contribution is -0.502. The number of unbranched alkanes of at least 4 members (excludes halogenated alkanes) is 11. The van der Waals surface area contributed by atoms with Crippen LogP contribution in [0.5, 0.6) is 0 Å². The van der Waals surface area contributed by atoms with Crippen molar-refractivity contribution in [2.24, 2.45) is 0 Å². The molecule has 0 bridgehead atoms. The van der Waals surface area contributed by atoms with E-state index in [2.05, 4.69) is 40.3 Å². The van der Waals surface area contributed by atoms with Crippen LogP contribution in [0.2, 0.25) is 0 Å². The minimum absolute atomic E-state index is 0.623. The molecule has 0 heterocycles. The van der Waals surface area contributed by atoms with Crippen molar-refractivity contribution >= 4 is 0 Å². The molecule has 0 atom stereocenters. The van der Waals surface area contributed by atoms with Gasteiger partial charge in [0.1, 0.15) is 0 Å². The first-order valence-electron chi connectivity index (χ1n) is 9.79.